The molecule has 0 aliphatic carbocycles. The van der Waals surface area contributed by atoms with Gasteiger partial charge in [0.2, 0.25) is 5.91 Å². The number of fused-ring (bicyclic) bond motifs is 1. The van der Waals surface area contributed by atoms with Crippen LogP contribution in [0.5, 0.6) is 5.75 Å². The van der Waals surface area contributed by atoms with Crippen molar-refractivity contribution in [2.24, 2.45) is 19.8 Å². The lowest BCUT2D eigenvalue weighted by Crippen LogP contribution is -2.37. The first-order valence-electron chi connectivity index (χ1n) is 7.86. The quantitative estimate of drug-likeness (QED) is 0.493. The number of benzene rings is 1. The van der Waals surface area contributed by atoms with Gasteiger partial charge in [-0.25, -0.2) is 14.8 Å². The predicted octanol–water partition coefficient (Wildman–Crippen LogP) is 0.280. The predicted molar refractivity (Wildman–Crippen MR) is 102 cm³/mol. The number of ether oxygens (including phenoxy) is 1. The highest BCUT2D eigenvalue weighted by Gasteiger charge is 2.18. The fraction of sp³-hybridized carbons (Fsp3) is 0.235. The van der Waals surface area contributed by atoms with Gasteiger partial charge in [0, 0.05) is 19.7 Å². The van der Waals surface area contributed by atoms with Gasteiger partial charge in [-0.05, 0) is 24.3 Å². The van der Waals surface area contributed by atoms with Crippen molar-refractivity contribution in [3.8, 4) is 17.1 Å². The van der Waals surface area contributed by atoms with Crippen molar-refractivity contribution in [1.29, 1.82) is 0 Å². The Morgan fingerprint density at radius 1 is 1.15 bits per heavy atom. The Labute approximate surface area is 157 Å². The van der Waals surface area contributed by atoms with Crippen LogP contribution in [0.15, 0.2) is 38.9 Å². The number of aryl methyl sites for hydroxylation is 1. The molecule has 0 bridgehead atoms. The summed E-state index contributed by atoms with van der Waals surface area (Å²) in [6.45, 7) is 0. The van der Waals surface area contributed by atoms with Crippen LogP contribution < -0.4 is 21.7 Å². The summed E-state index contributed by atoms with van der Waals surface area (Å²) >= 11 is 1.03. The van der Waals surface area contributed by atoms with Crippen molar-refractivity contribution in [1.82, 2.24) is 19.1 Å². The number of carbonyl (C=O) groups excluding carboxylic acids is 1. The van der Waals surface area contributed by atoms with E-state index in [1.807, 2.05) is 0 Å². The average molecular weight is 387 g/mol. The number of hydrogen-bond acceptors (Lipinski definition) is 7. The molecule has 0 spiro atoms. The number of amides is 1. The van der Waals surface area contributed by atoms with Gasteiger partial charge in [0.15, 0.2) is 11.5 Å². The lowest BCUT2D eigenvalue weighted by atomic mass is 10.2. The summed E-state index contributed by atoms with van der Waals surface area (Å²) in [7, 11) is 4.47. The Morgan fingerprint density at radius 2 is 1.81 bits per heavy atom. The number of nitrogens with zero attached hydrogens (tertiary/aromatic N) is 4. The molecule has 0 saturated carbocycles. The van der Waals surface area contributed by atoms with E-state index < -0.39 is 17.2 Å². The highest BCUT2D eigenvalue weighted by atomic mass is 32.2. The van der Waals surface area contributed by atoms with Crippen LogP contribution in [-0.2, 0) is 18.9 Å². The summed E-state index contributed by atoms with van der Waals surface area (Å²) < 4.78 is 7.40. The second kappa shape index (κ2) is 7.23. The topological polar surface area (TPSA) is 122 Å². The molecule has 10 heteroatoms. The van der Waals surface area contributed by atoms with Crippen LogP contribution in [0.2, 0.25) is 0 Å². The van der Waals surface area contributed by atoms with E-state index in [2.05, 4.69) is 9.97 Å². The van der Waals surface area contributed by atoms with E-state index in [1.54, 1.807) is 31.4 Å². The molecule has 1 amide bonds. The highest BCUT2D eigenvalue weighted by Crippen LogP contribution is 2.26. The van der Waals surface area contributed by atoms with Crippen LogP contribution in [0, 0.1) is 0 Å². The van der Waals surface area contributed by atoms with E-state index in [0.29, 0.717) is 22.2 Å². The molecule has 0 atom stereocenters. The summed E-state index contributed by atoms with van der Waals surface area (Å²) in [4.78, 5) is 45.0. The van der Waals surface area contributed by atoms with E-state index in [-0.39, 0.29) is 16.8 Å². The third kappa shape index (κ3) is 3.43. The van der Waals surface area contributed by atoms with Gasteiger partial charge in [0.05, 0.1) is 12.9 Å². The molecule has 3 aromatic rings. The summed E-state index contributed by atoms with van der Waals surface area (Å²) in [5, 5.41) is 0.462. The Kier molecular flexibility index (Phi) is 5.00. The average Bonchev–Trinajstić information content (AvgIpc) is 2.68. The Balaban J connectivity index is 2.31. The van der Waals surface area contributed by atoms with Crippen molar-refractivity contribution < 1.29 is 9.53 Å². The van der Waals surface area contributed by atoms with Crippen molar-refractivity contribution >= 4 is 28.7 Å². The van der Waals surface area contributed by atoms with E-state index in [0.717, 1.165) is 16.3 Å². The number of methoxy groups -OCH3 is 1. The van der Waals surface area contributed by atoms with Gasteiger partial charge in [-0.3, -0.25) is 18.7 Å². The van der Waals surface area contributed by atoms with Gasteiger partial charge in [0.25, 0.3) is 5.56 Å². The zero-order chi connectivity index (χ0) is 19.7. The highest BCUT2D eigenvalue weighted by molar-refractivity contribution is 8.00. The molecule has 27 heavy (non-hydrogen) atoms. The maximum absolute atomic E-state index is 12.6. The van der Waals surface area contributed by atoms with Crippen LogP contribution in [-0.4, -0.2) is 37.9 Å². The molecular formula is C17H17N5O4S. The molecule has 140 valence electrons. The summed E-state index contributed by atoms with van der Waals surface area (Å²) in [5.74, 6) is 0.393. The monoisotopic (exact) mass is 387 g/mol. The van der Waals surface area contributed by atoms with Crippen LogP contribution in [0.4, 0.5) is 0 Å². The molecular weight excluding hydrogens is 370 g/mol. The fourth-order valence-electron chi connectivity index (χ4n) is 2.54. The molecule has 0 fully saturated rings. The zero-order valence-electron chi connectivity index (χ0n) is 14.9. The number of hydrogen-bond donors (Lipinski definition) is 1. The third-order valence-corrected chi connectivity index (χ3v) is 4.96. The van der Waals surface area contributed by atoms with E-state index in [4.69, 9.17) is 10.5 Å². The number of nitrogens with two attached hydrogens (primary N) is 1. The molecule has 0 unspecified atom stereocenters. The number of rotatable bonds is 5. The first-order valence-corrected chi connectivity index (χ1v) is 8.85. The molecule has 0 radical (unpaired) electrons. The summed E-state index contributed by atoms with van der Waals surface area (Å²) in [5.41, 5.74) is 5.07. The summed E-state index contributed by atoms with van der Waals surface area (Å²) in [6, 6.07) is 7.04. The fourth-order valence-corrected chi connectivity index (χ4v) is 3.29. The second-order valence-electron chi connectivity index (χ2n) is 5.74. The first kappa shape index (κ1) is 18.6. The molecule has 1 aromatic carbocycles. The van der Waals surface area contributed by atoms with Crippen LogP contribution in [0.1, 0.15) is 0 Å². The lowest BCUT2D eigenvalue weighted by molar-refractivity contribution is -0.115. The molecule has 0 aliphatic rings. The van der Waals surface area contributed by atoms with Gasteiger partial charge in [-0.1, -0.05) is 11.8 Å². The minimum Gasteiger partial charge on any atom is -0.497 e. The Hall–Kier alpha value is -3.14. The van der Waals surface area contributed by atoms with Crippen LogP contribution >= 0.6 is 11.8 Å². The van der Waals surface area contributed by atoms with E-state index in [1.165, 1.54) is 18.7 Å². The molecule has 2 heterocycles. The molecule has 3 rings (SSSR count). The molecule has 9 nitrogen and oxygen atoms in total. The smallest absolute Gasteiger partial charge is 0.332 e. The van der Waals surface area contributed by atoms with Crippen molar-refractivity contribution in [2.75, 3.05) is 12.9 Å². The van der Waals surface area contributed by atoms with Crippen molar-refractivity contribution in [3.05, 3.63) is 45.1 Å². The van der Waals surface area contributed by atoms with Gasteiger partial charge in [-0.15, -0.1) is 0 Å². The van der Waals surface area contributed by atoms with Gasteiger partial charge < -0.3 is 10.5 Å². The molecule has 0 aliphatic heterocycles. The molecule has 2 N–H and O–H groups in total. The maximum Gasteiger partial charge on any atom is 0.332 e. The van der Waals surface area contributed by atoms with Crippen LogP contribution in [0.3, 0.4) is 0 Å². The minimum atomic E-state index is -0.542. The number of carbonyl (C=O) groups is 1. The summed E-state index contributed by atoms with van der Waals surface area (Å²) in [6.07, 6.45) is 0. The SMILES string of the molecule is COc1ccc(-c2nc(SCC(N)=O)c3c(=O)n(C)c(=O)n(C)c3n2)cc1. The molecule has 2 aromatic heterocycles. The standard InChI is InChI=1S/C17H17N5O4S/c1-21-14-12(16(24)22(2)17(21)25)15(27-8-11(18)23)20-13(19-14)9-4-6-10(26-3)7-5-9/h4-7H,8H2,1-3H3,(H2,18,23). The third-order valence-electron chi connectivity index (χ3n) is 3.97. The number of thioether (sulfide) groups is 1. The number of primary amides is 1. The van der Waals surface area contributed by atoms with E-state index >= 15 is 0 Å². The number of aromatic nitrogens is 4. The van der Waals surface area contributed by atoms with Gasteiger partial charge in [-0.2, -0.15) is 0 Å². The Morgan fingerprint density at radius 3 is 2.41 bits per heavy atom. The van der Waals surface area contributed by atoms with E-state index in [9.17, 15) is 14.4 Å². The first-order chi connectivity index (χ1) is 12.8. The lowest BCUT2D eigenvalue weighted by Gasteiger charge is -2.11. The largest absolute Gasteiger partial charge is 0.497 e. The van der Waals surface area contributed by atoms with Crippen LogP contribution in [0.25, 0.3) is 22.4 Å². The van der Waals surface area contributed by atoms with Gasteiger partial charge >= 0.3 is 5.69 Å². The normalized spacial score (nSPS) is 10.9. The Bertz CT molecular complexity index is 1150. The zero-order valence-corrected chi connectivity index (χ0v) is 15.7. The maximum atomic E-state index is 12.6. The second-order valence-corrected chi connectivity index (χ2v) is 6.70. The van der Waals surface area contributed by atoms with Crippen molar-refractivity contribution in [2.45, 2.75) is 5.03 Å². The minimum absolute atomic E-state index is 0.0554. The van der Waals surface area contributed by atoms with Gasteiger partial charge in [0.1, 0.15) is 16.2 Å². The van der Waals surface area contributed by atoms with Crippen molar-refractivity contribution in [3.63, 3.8) is 0 Å². The molecule has 0 saturated heterocycles.